The second kappa shape index (κ2) is 6.93. The topological polar surface area (TPSA) is 80.1 Å². The summed E-state index contributed by atoms with van der Waals surface area (Å²) in [5, 5.41) is 5.99. The van der Waals surface area contributed by atoms with Crippen molar-refractivity contribution in [3.05, 3.63) is 65.8 Å². The van der Waals surface area contributed by atoms with Crippen molar-refractivity contribution in [2.24, 2.45) is 0 Å². The molecule has 0 atom stereocenters. The summed E-state index contributed by atoms with van der Waals surface area (Å²) in [7, 11) is 0. The molecule has 23 heavy (non-hydrogen) atoms. The van der Waals surface area contributed by atoms with Crippen molar-refractivity contribution in [1.29, 1.82) is 0 Å². The van der Waals surface area contributed by atoms with Gasteiger partial charge in [0, 0.05) is 23.1 Å². The number of hydrogen-bond donors (Lipinski definition) is 2. The van der Waals surface area contributed by atoms with Gasteiger partial charge in [0.25, 0.3) is 0 Å². The Morgan fingerprint density at radius 1 is 1.17 bits per heavy atom. The lowest BCUT2D eigenvalue weighted by Crippen LogP contribution is -2.28. The molecule has 0 saturated carbocycles. The van der Waals surface area contributed by atoms with E-state index in [0.29, 0.717) is 27.9 Å². The van der Waals surface area contributed by atoms with Crippen molar-refractivity contribution >= 4 is 23.3 Å². The fourth-order valence-electron chi connectivity index (χ4n) is 2.02. The number of carbonyl (C=O) groups excluding carboxylic acids is 1. The number of anilines is 1. The summed E-state index contributed by atoms with van der Waals surface area (Å²) >= 11 is 5.88. The molecule has 2 N–H and O–H groups in total. The molecule has 0 aliphatic rings. The van der Waals surface area contributed by atoms with Crippen LogP contribution < -0.4 is 10.6 Å². The van der Waals surface area contributed by atoms with Gasteiger partial charge in [0.05, 0.1) is 18.5 Å². The van der Waals surface area contributed by atoms with E-state index in [4.69, 9.17) is 16.0 Å². The van der Waals surface area contributed by atoms with E-state index < -0.39 is 0 Å². The highest BCUT2D eigenvalue weighted by molar-refractivity contribution is 6.30. The molecule has 0 fully saturated rings. The zero-order valence-electron chi connectivity index (χ0n) is 12.0. The van der Waals surface area contributed by atoms with Crippen LogP contribution in [-0.4, -0.2) is 16.0 Å². The van der Waals surface area contributed by atoms with Crippen molar-refractivity contribution in [3.63, 3.8) is 0 Å². The molecule has 0 unspecified atom stereocenters. The van der Waals surface area contributed by atoms with E-state index in [1.54, 1.807) is 55.1 Å². The normalized spacial score (nSPS) is 10.3. The zero-order valence-corrected chi connectivity index (χ0v) is 12.7. The molecule has 0 bridgehead atoms. The molecule has 0 radical (unpaired) electrons. The van der Waals surface area contributed by atoms with Crippen LogP contribution in [0.1, 0.15) is 5.69 Å². The van der Waals surface area contributed by atoms with E-state index in [1.165, 1.54) is 0 Å². The average Bonchev–Trinajstić information content (AvgIpc) is 3.07. The van der Waals surface area contributed by atoms with E-state index in [-0.39, 0.29) is 12.6 Å². The van der Waals surface area contributed by atoms with Gasteiger partial charge < -0.3 is 15.1 Å². The van der Waals surface area contributed by atoms with Crippen LogP contribution in [0.25, 0.3) is 11.5 Å². The van der Waals surface area contributed by atoms with Crippen LogP contribution in [0, 0.1) is 0 Å². The monoisotopic (exact) mass is 328 g/mol. The third-order valence-electron chi connectivity index (χ3n) is 3.03. The molecule has 3 rings (SSSR count). The van der Waals surface area contributed by atoms with Gasteiger partial charge in [0.1, 0.15) is 5.69 Å². The number of amides is 2. The largest absolute Gasteiger partial charge is 0.463 e. The van der Waals surface area contributed by atoms with Gasteiger partial charge in [-0.15, -0.1) is 0 Å². The van der Waals surface area contributed by atoms with Gasteiger partial charge in [-0.2, -0.15) is 0 Å². The van der Waals surface area contributed by atoms with Gasteiger partial charge in [0.2, 0.25) is 0 Å². The fourth-order valence-corrected chi connectivity index (χ4v) is 2.21. The minimum absolute atomic E-state index is 0.219. The van der Waals surface area contributed by atoms with Crippen LogP contribution in [-0.2, 0) is 6.54 Å². The Morgan fingerprint density at radius 2 is 2.04 bits per heavy atom. The molecule has 3 aromatic rings. The lowest BCUT2D eigenvalue weighted by Gasteiger charge is -2.09. The smallest absolute Gasteiger partial charge is 0.319 e. The Hall–Kier alpha value is -2.86. The van der Waals surface area contributed by atoms with Crippen LogP contribution in [0.5, 0.6) is 0 Å². The molecule has 0 aliphatic heterocycles. The molecule has 2 aromatic heterocycles. The second-order valence-corrected chi connectivity index (χ2v) is 5.08. The number of rotatable bonds is 4. The van der Waals surface area contributed by atoms with E-state index in [2.05, 4.69) is 20.6 Å². The molecular formula is C16H13ClN4O2. The van der Waals surface area contributed by atoms with E-state index in [9.17, 15) is 4.79 Å². The number of nitrogens with one attached hydrogen (secondary N) is 2. The summed E-state index contributed by atoms with van der Waals surface area (Å²) < 4.78 is 5.33. The zero-order chi connectivity index (χ0) is 16.1. The van der Waals surface area contributed by atoms with Crippen molar-refractivity contribution in [2.45, 2.75) is 6.54 Å². The first-order chi connectivity index (χ1) is 11.2. The molecular weight excluding hydrogens is 316 g/mol. The molecule has 2 amide bonds. The lowest BCUT2D eigenvalue weighted by molar-refractivity contribution is 0.251. The van der Waals surface area contributed by atoms with E-state index in [1.807, 2.05) is 0 Å². The number of nitrogens with zero attached hydrogens (tertiary/aromatic N) is 2. The Bertz CT molecular complexity index is 805. The number of urea groups is 1. The third kappa shape index (κ3) is 3.87. The second-order valence-electron chi connectivity index (χ2n) is 4.65. The van der Waals surface area contributed by atoms with Crippen molar-refractivity contribution in [1.82, 2.24) is 15.3 Å². The quantitative estimate of drug-likeness (QED) is 0.765. The Labute approximate surface area is 137 Å². The number of aromatic nitrogens is 2. The average molecular weight is 329 g/mol. The first-order valence-electron chi connectivity index (χ1n) is 6.86. The maximum Gasteiger partial charge on any atom is 0.319 e. The Morgan fingerprint density at radius 3 is 2.83 bits per heavy atom. The predicted molar refractivity (Wildman–Crippen MR) is 87.0 cm³/mol. The number of benzene rings is 1. The molecule has 6 nitrogen and oxygen atoms in total. The minimum atomic E-state index is -0.358. The maximum atomic E-state index is 12.0. The van der Waals surface area contributed by atoms with Gasteiger partial charge in [-0.1, -0.05) is 17.7 Å². The molecule has 7 heteroatoms. The van der Waals surface area contributed by atoms with Gasteiger partial charge in [0.15, 0.2) is 5.76 Å². The van der Waals surface area contributed by atoms with Crippen LogP contribution in [0.15, 0.2) is 59.5 Å². The molecule has 2 heterocycles. The van der Waals surface area contributed by atoms with Crippen molar-refractivity contribution in [2.75, 3.05) is 5.32 Å². The number of hydrogen-bond acceptors (Lipinski definition) is 4. The van der Waals surface area contributed by atoms with Crippen LogP contribution in [0.3, 0.4) is 0 Å². The lowest BCUT2D eigenvalue weighted by atomic mass is 10.2. The van der Waals surface area contributed by atoms with Crippen LogP contribution in [0.4, 0.5) is 10.5 Å². The number of halogens is 1. The summed E-state index contributed by atoms with van der Waals surface area (Å²) in [6.07, 6.45) is 4.71. The number of carbonyl (C=O) groups is 1. The van der Waals surface area contributed by atoms with Gasteiger partial charge in [-0.05, 0) is 30.3 Å². The van der Waals surface area contributed by atoms with Crippen LogP contribution in [0.2, 0.25) is 5.02 Å². The van der Waals surface area contributed by atoms with Gasteiger partial charge >= 0.3 is 6.03 Å². The molecule has 0 spiro atoms. The predicted octanol–water partition coefficient (Wildman–Crippen LogP) is 3.71. The summed E-state index contributed by atoms with van der Waals surface area (Å²) in [6, 6.07) is 10.1. The molecule has 116 valence electrons. The summed E-state index contributed by atoms with van der Waals surface area (Å²) in [5.41, 5.74) is 1.82. The highest BCUT2D eigenvalue weighted by atomic mass is 35.5. The first-order valence-corrected chi connectivity index (χ1v) is 7.24. The highest BCUT2D eigenvalue weighted by Gasteiger charge is 2.11. The van der Waals surface area contributed by atoms with Gasteiger partial charge in [-0.3, -0.25) is 4.98 Å². The molecule has 0 aliphatic carbocycles. The number of furan rings is 1. The summed E-state index contributed by atoms with van der Waals surface area (Å²) in [4.78, 5) is 20.4. The maximum absolute atomic E-state index is 12.0. The van der Waals surface area contributed by atoms with Crippen LogP contribution >= 0.6 is 11.6 Å². The van der Waals surface area contributed by atoms with Gasteiger partial charge in [-0.25, -0.2) is 9.78 Å². The van der Waals surface area contributed by atoms with Crippen molar-refractivity contribution in [3.8, 4) is 11.5 Å². The fraction of sp³-hybridized carbons (Fsp3) is 0.0625. The molecule has 1 aromatic carbocycles. The van der Waals surface area contributed by atoms with Crippen molar-refractivity contribution < 1.29 is 9.21 Å². The van der Waals surface area contributed by atoms with E-state index in [0.717, 1.165) is 0 Å². The van der Waals surface area contributed by atoms with E-state index >= 15 is 0 Å². The first kappa shape index (κ1) is 15.1. The third-order valence-corrected chi connectivity index (χ3v) is 3.26. The standard InChI is InChI=1S/C16H13ClN4O2/c17-11-3-1-4-12(9-11)21-16(22)20-10-13-15(19-7-6-18-13)14-5-2-8-23-14/h1-9H,10H2,(H2,20,21,22). The summed E-state index contributed by atoms with van der Waals surface area (Å²) in [5.74, 6) is 0.602. The molecule has 0 saturated heterocycles. The SMILES string of the molecule is O=C(NCc1nccnc1-c1ccco1)Nc1cccc(Cl)c1. The Balaban J connectivity index is 1.66. The highest BCUT2D eigenvalue weighted by Crippen LogP contribution is 2.20. The minimum Gasteiger partial charge on any atom is -0.463 e. The summed E-state index contributed by atoms with van der Waals surface area (Å²) in [6.45, 7) is 0.219. The Kier molecular flexibility index (Phi) is 4.54.